The number of aryl methyl sites for hydroxylation is 1. The van der Waals surface area contributed by atoms with E-state index in [1.807, 2.05) is 13.0 Å². The van der Waals surface area contributed by atoms with Crippen LogP contribution in [0.15, 0.2) is 26.3 Å². The Labute approximate surface area is 102 Å². The molecule has 0 bridgehead atoms. The lowest BCUT2D eigenvalue weighted by atomic mass is 10.2. The van der Waals surface area contributed by atoms with Crippen molar-refractivity contribution in [1.29, 1.82) is 0 Å². The zero-order valence-corrected chi connectivity index (χ0v) is 9.81. The highest BCUT2D eigenvalue weighted by Crippen LogP contribution is 2.12. The molecule has 0 aromatic carbocycles. The number of hydrogen-bond acceptors (Lipinski definition) is 6. The SMILES string of the molecule is Cc1cc(Cc2cc(C/C(Cl)=N/O)on2)on1. The molecule has 2 rings (SSSR count). The van der Waals surface area contributed by atoms with E-state index in [1.54, 1.807) is 6.07 Å². The molecule has 2 aromatic rings. The Morgan fingerprint density at radius 2 is 2.12 bits per heavy atom. The van der Waals surface area contributed by atoms with E-state index in [0.717, 1.165) is 5.69 Å². The molecule has 0 spiro atoms. The molecule has 1 N–H and O–H groups in total. The summed E-state index contributed by atoms with van der Waals surface area (Å²) in [6.07, 6.45) is 0.707. The van der Waals surface area contributed by atoms with Crippen LogP contribution in [-0.4, -0.2) is 20.7 Å². The molecule has 0 aliphatic rings. The lowest BCUT2D eigenvalue weighted by molar-refractivity contribution is 0.318. The van der Waals surface area contributed by atoms with Crippen LogP contribution in [0.25, 0.3) is 0 Å². The van der Waals surface area contributed by atoms with Crippen molar-refractivity contribution in [3.63, 3.8) is 0 Å². The van der Waals surface area contributed by atoms with Crippen LogP contribution < -0.4 is 0 Å². The molecule has 0 saturated carbocycles. The number of aromatic nitrogens is 2. The van der Waals surface area contributed by atoms with Crippen molar-refractivity contribution < 1.29 is 14.3 Å². The van der Waals surface area contributed by atoms with Gasteiger partial charge in [-0.1, -0.05) is 27.1 Å². The van der Waals surface area contributed by atoms with Gasteiger partial charge in [0.15, 0.2) is 5.17 Å². The predicted octanol–water partition coefficient (Wildman–Crippen LogP) is 2.13. The maximum atomic E-state index is 8.41. The standard InChI is InChI=1S/C10H10ClN3O3/c1-6-2-8(16-13-6)3-7-4-9(17-14-7)5-10(11)12-15/h2,4,15H,3,5H2,1H3/b12-10-. The van der Waals surface area contributed by atoms with Gasteiger partial charge in [0.25, 0.3) is 0 Å². The molecule has 6 nitrogen and oxygen atoms in total. The maximum absolute atomic E-state index is 8.41. The van der Waals surface area contributed by atoms with Crippen LogP contribution in [0, 0.1) is 6.92 Å². The van der Waals surface area contributed by atoms with Gasteiger partial charge in [-0.05, 0) is 6.92 Å². The van der Waals surface area contributed by atoms with E-state index in [-0.39, 0.29) is 11.6 Å². The van der Waals surface area contributed by atoms with Gasteiger partial charge in [0.05, 0.1) is 24.2 Å². The van der Waals surface area contributed by atoms with Crippen LogP contribution in [0.4, 0.5) is 0 Å². The fourth-order valence-corrected chi connectivity index (χ4v) is 1.51. The summed E-state index contributed by atoms with van der Waals surface area (Å²) in [6.45, 7) is 1.85. The van der Waals surface area contributed by atoms with E-state index in [4.69, 9.17) is 25.9 Å². The molecule has 7 heteroatoms. The second kappa shape index (κ2) is 5.01. The second-order valence-corrected chi connectivity index (χ2v) is 3.99. The van der Waals surface area contributed by atoms with Crippen molar-refractivity contribution in [3.8, 4) is 0 Å². The maximum Gasteiger partial charge on any atom is 0.152 e. The second-order valence-electron chi connectivity index (χ2n) is 3.55. The van der Waals surface area contributed by atoms with Gasteiger partial charge in [-0.2, -0.15) is 0 Å². The number of rotatable bonds is 4. The highest BCUT2D eigenvalue weighted by Gasteiger charge is 2.10. The summed E-state index contributed by atoms with van der Waals surface area (Å²) in [5, 5.41) is 18.9. The molecule has 90 valence electrons. The molecule has 0 radical (unpaired) electrons. The van der Waals surface area contributed by atoms with E-state index in [0.29, 0.717) is 23.6 Å². The number of oxime groups is 1. The predicted molar refractivity (Wildman–Crippen MR) is 59.3 cm³/mol. The van der Waals surface area contributed by atoms with Gasteiger partial charge in [-0.25, -0.2) is 0 Å². The summed E-state index contributed by atoms with van der Waals surface area (Å²) >= 11 is 5.56. The van der Waals surface area contributed by atoms with Gasteiger partial charge in [0, 0.05) is 12.1 Å². The Morgan fingerprint density at radius 3 is 2.76 bits per heavy atom. The van der Waals surface area contributed by atoms with Gasteiger partial charge in [0.1, 0.15) is 11.5 Å². The first kappa shape index (κ1) is 11.7. The molecular weight excluding hydrogens is 246 g/mol. The number of hydrogen-bond donors (Lipinski definition) is 1. The lowest BCUT2D eigenvalue weighted by Crippen LogP contribution is -1.92. The molecule has 0 aliphatic heterocycles. The van der Waals surface area contributed by atoms with Crippen molar-refractivity contribution in [2.45, 2.75) is 19.8 Å². The van der Waals surface area contributed by atoms with E-state index >= 15 is 0 Å². The first-order valence-corrected chi connectivity index (χ1v) is 5.28. The normalized spacial score (nSPS) is 12.0. The minimum absolute atomic E-state index is 0.0446. The topological polar surface area (TPSA) is 84.7 Å². The molecule has 0 unspecified atom stereocenters. The van der Waals surface area contributed by atoms with Gasteiger partial charge < -0.3 is 14.3 Å². The van der Waals surface area contributed by atoms with Crippen LogP contribution >= 0.6 is 11.6 Å². The summed E-state index contributed by atoms with van der Waals surface area (Å²) < 4.78 is 10.1. The summed E-state index contributed by atoms with van der Waals surface area (Å²) in [7, 11) is 0. The zero-order chi connectivity index (χ0) is 12.3. The van der Waals surface area contributed by atoms with Crippen LogP contribution in [-0.2, 0) is 12.8 Å². The largest absolute Gasteiger partial charge is 0.410 e. The van der Waals surface area contributed by atoms with E-state index in [2.05, 4.69) is 15.5 Å². The molecular formula is C10H10ClN3O3. The smallest absolute Gasteiger partial charge is 0.152 e. The Morgan fingerprint density at radius 1 is 1.35 bits per heavy atom. The third kappa shape index (κ3) is 3.07. The van der Waals surface area contributed by atoms with Gasteiger partial charge >= 0.3 is 0 Å². The van der Waals surface area contributed by atoms with E-state index in [1.165, 1.54) is 0 Å². The Kier molecular flexibility index (Phi) is 3.43. The molecule has 0 aliphatic carbocycles. The summed E-state index contributed by atoms with van der Waals surface area (Å²) in [5.41, 5.74) is 1.53. The van der Waals surface area contributed by atoms with Crippen molar-refractivity contribution in [1.82, 2.24) is 10.3 Å². The lowest BCUT2D eigenvalue weighted by Gasteiger charge is -1.88. The molecule has 2 aromatic heterocycles. The van der Waals surface area contributed by atoms with Gasteiger partial charge in [-0.15, -0.1) is 0 Å². The van der Waals surface area contributed by atoms with Gasteiger partial charge in [0.2, 0.25) is 0 Å². The molecule has 0 fully saturated rings. The minimum atomic E-state index is 0.0446. The van der Waals surface area contributed by atoms with Crippen LogP contribution in [0.2, 0.25) is 0 Å². The van der Waals surface area contributed by atoms with Crippen LogP contribution in [0.5, 0.6) is 0 Å². The average molecular weight is 256 g/mol. The summed E-state index contributed by atoms with van der Waals surface area (Å²) in [4.78, 5) is 0. The quantitative estimate of drug-likeness (QED) is 0.514. The first-order valence-electron chi connectivity index (χ1n) is 4.90. The Bertz CT molecular complexity index is 532. The highest BCUT2D eigenvalue weighted by atomic mass is 35.5. The monoisotopic (exact) mass is 255 g/mol. The zero-order valence-electron chi connectivity index (χ0n) is 9.05. The van der Waals surface area contributed by atoms with Crippen molar-refractivity contribution >= 4 is 16.8 Å². The minimum Gasteiger partial charge on any atom is -0.410 e. The third-order valence-electron chi connectivity index (χ3n) is 2.07. The molecule has 0 atom stereocenters. The molecule has 2 heterocycles. The van der Waals surface area contributed by atoms with Crippen molar-refractivity contribution in [2.75, 3.05) is 0 Å². The molecule has 17 heavy (non-hydrogen) atoms. The number of halogens is 1. The fourth-order valence-electron chi connectivity index (χ4n) is 1.38. The highest BCUT2D eigenvalue weighted by molar-refractivity contribution is 6.65. The van der Waals surface area contributed by atoms with E-state index < -0.39 is 0 Å². The first-order chi connectivity index (χ1) is 8.17. The Hall–Kier alpha value is -1.82. The summed E-state index contributed by atoms with van der Waals surface area (Å²) in [5.74, 6) is 1.24. The summed E-state index contributed by atoms with van der Waals surface area (Å²) in [6, 6.07) is 3.56. The van der Waals surface area contributed by atoms with Crippen LogP contribution in [0.3, 0.4) is 0 Å². The molecule has 0 saturated heterocycles. The average Bonchev–Trinajstić information content (AvgIpc) is 2.89. The van der Waals surface area contributed by atoms with Gasteiger partial charge in [-0.3, -0.25) is 0 Å². The third-order valence-corrected chi connectivity index (χ3v) is 2.28. The fraction of sp³-hybridized carbons (Fsp3) is 0.300. The van der Waals surface area contributed by atoms with Crippen molar-refractivity contribution in [3.05, 3.63) is 35.0 Å². The van der Waals surface area contributed by atoms with Crippen LogP contribution in [0.1, 0.15) is 22.9 Å². The van der Waals surface area contributed by atoms with E-state index in [9.17, 15) is 0 Å². The molecule has 0 amide bonds. The Balaban J connectivity index is 2.03. The number of nitrogens with zero attached hydrogens (tertiary/aromatic N) is 3. The van der Waals surface area contributed by atoms with Crippen molar-refractivity contribution in [2.24, 2.45) is 5.16 Å².